The number of benzene rings is 1. The summed E-state index contributed by atoms with van der Waals surface area (Å²) in [5, 5.41) is 3.45. The summed E-state index contributed by atoms with van der Waals surface area (Å²) < 4.78 is 0. The molecule has 0 fully saturated rings. The van der Waals surface area contributed by atoms with Crippen LogP contribution in [0.15, 0.2) is 18.2 Å². The number of hydrogen-bond donors (Lipinski definition) is 1. The van der Waals surface area contributed by atoms with E-state index in [-0.39, 0.29) is 0 Å². The van der Waals surface area contributed by atoms with Crippen LogP contribution in [0.1, 0.15) is 24.5 Å². The lowest BCUT2D eigenvalue weighted by atomic mass is 10.1. The predicted molar refractivity (Wildman–Crippen MR) is 73.2 cm³/mol. The van der Waals surface area contributed by atoms with E-state index in [0.717, 1.165) is 19.5 Å². The number of nitrogens with zero attached hydrogens (tertiary/aromatic N) is 1. The molecular formula is C15H20N2. The molecule has 0 bridgehead atoms. The molecule has 1 aromatic carbocycles. The fourth-order valence-electron chi connectivity index (χ4n) is 2.27. The number of terminal acetylenes is 1. The summed E-state index contributed by atoms with van der Waals surface area (Å²) in [6.45, 7) is 4.17. The van der Waals surface area contributed by atoms with Gasteiger partial charge in [-0.05, 0) is 30.5 Å². The van der Waals surface area contributed by atoms with Gasteiger partial charge in [0.05, 0.1) is 0 Å². The molecule has 1 atom stereocenters. The molecule has 1 N–H and O–H groups in total. The zero-order chi connectivity index (χ0) is 12.3. The molecule has 1 unspecified atom stereocenters. The lowest BCUT2D eigenvalue weighted by Gasteiger charge is -2.14. The Morgan fingerprint density at radius 1 is 1.53 bits per heavy atom. The molecule has 17 heavy (non-hydrogen) atoms. The molecule has 2 rings (SSSR count). The first-order chi connectivity index (χ1) is 8.20. The third-order valence-corrected chi connectivity index (χ3v) is 3.35. The van der Waals surface area contributed by atoms with Crippen LogP contribution in [0.5, 0.6) is 0 Å². The van der Waals surface area contributed by atoms with E-state index >= 15 is 0 Å². The Morgan fingerprint density at radius 2 is 2.35 bits per heavy atom. The largest absolute Gasteiger partial charge is 0.374 e. The second kappa shape index (κ2) is 5.25. The van der Waals surface area contributed by atoms with Gasteiger partial charge in [0, 0.05) is 38.3 Å². The third-order valence-electron chi connectivity index (χ3n) is 3.35. The van der Waals surface area contributed by atoms with Crippen LogP contribution in [0.4, 0.5) is 5.69 Å². The van der Waals surface area contributed by atoms with Gasteiger partial charge in [0.25, 0.3) is 0 Å². The van der Waals surface area contributed by atoms with Crippen LogP contribution >= 0.6 is 0 Å². The number of fused-ring (bicyclic) bond motifs is 1. The van der Waals surface area contributed by atoms with Crippen LogP contribution in [-0.4, -0.2) is 19.6 Å². The van der Waals surface area contributed by atoms with Crippen LogP contribution in [0, 0.1) is 12.3 Å². The highest BCUT2D eigenvalue weighted by Gasteiger charge is 2.15. The highest BCUT2D eigenvalue weighted by Crippen LogP contribution is 2.27. The molecule has 1 aromatic rings. The first kappa shape index (κ1) is 12.0. The van der Waals surface area contributed by atoms with E-state index in [1.807, 2.05) is 0 Å². The molecule has 2 nitrogen and oxygen atoms in total. The Bertz CT molecular complexity index is 431. The summed E-state index contributed by atoms with van der Waals surface area (Å²) in [6, 6.07) is 7.13. The Balaban J connectivity index is 1.97. The summed E-state index contributed by atoms with van der Waals surface area (Å²) >= 11 is 0. The first-order valence-electron chi connectivity index (χ1n) is 6.20. The molecule has 1 aliphatic heterocycles. The van der Waals surface area contributed by atoms with E-state index in [4.69, 9.17) is 6.42 Å². The first-order valence-corrected chi connectivity index (χ1v) is 6.20. The van der Waals surface area contributed by atoms with E-state index in [2.05, 4.69) is 48.3 Å². The van der Waals surface area contributed by atoms with E-state index in [1.54, 1.807) is 0 Å². The van der Waals surface area contributed by atoms with Gasteiger partial charge >= 0.3 is 0 Å². The quantitative estimate of drug-likeness (QED) is 0.795. The van der Waals surface area contributed by atoms with Crippen LogP contribution < -0.4 is 10.2 Å². The smallest absolute Gasteiger partial charge is 0.0397 e. The van der Waals surface area contributed by atoms with Crippen molar-refractivity contribution in [1.82, 2.24) is 5.32 Å². The molecule has 0 aromatic heterocycles. The standard InChI is InChI=1S/C15H20N2/c1-4-5-12(2)16-11-13-6-7-15-14(10-13)8-9-17(15)3/h1,6-7,10,12,16H,5,8-9,11H2,2-3H3. The second-order valence-corrected chi connectivity index (χ2v) is 4.82. The van der Waals surface area contributed by atoms with Gasteiger partial charge in [-0.1, -0.05) is 12.1 Å². The molecule has 0 amide bonds. The molecule has 0 saturated heterocycles. The minimum Gasteiger partial charge on any atom is -0.374 e. The normalized spacial score (nSPS) is 15.5. The zero-order valence-electron chi connectivity index (χ0n) is 10.7. The molecular weight excluding hydrogens is 208 g/mol. The molecule has 90 valence electrons. The van der Waals surface area contributed by atoms with Crippen molar-refractivity contribution in [1.29, 1.82) is 0 Å². The average molecular weight is 228 g/mol. The Morgan fingerprint density at radius 3 is 3.12 bits per heavy atom. The lowest BCUT2D eigenvalue weighted by Crippen LogP contribution is -2.24. The van der Waals surface area contributed by atoms with Gasteiger partial charge in [-0.2, -0.15) is 0 Å². The maximum absolute atomic E-state index is 5.29. The number of likely N-dealkylation sites (N-methyl/N-ethyl adjacent to an activating group) is 1. The predicted octanol–water partition coefficient (Wildman–Crippen LogP) is 2.18. The average Bonchev–Trinajstić information content (AvgIpc) is 2.69. The van der Waals surface area contributed by atoms with E-state index in [0.29, 0.717) is 6.04 Å². The van der Waals surface area contributed by atoms with Crippen molar-refractivity contribution in [3.8, 4) is 12.3 Å². The highest BCUT2D eigenvalue weighted by molar-refractivity contribution is 5.58. The van der Waals surface area contributed by atoms with Crippen molar-refractivity contribution in [3.05, 3.63) is 29.3 Å². The van der Waals surface area contributed by atoms with E-state index < -0.39 is 0 Å². The third kappa shape index (κ3) is 2.81. The van der Waals surface area contributed by atoms with Crippen LogP contribution in [-0.2, 0) is 13.0 Å². The van der Waals surface area contributed by atoms with Gasteiger partial charge in [0.1, 0.15) is 0 Å². The van der Waals surface area contributed by atoms with E-state index in [9.17, 15) is 0 Å². The fourth-order valence-corrected chi connectivity index (χ4v) is 2.27. The molecule has 0 radical (unpaired) electrons. The van der Waals surface area contributed by atoms with Gasteiger partial charge in [-0.25, -0.2) is 0 Å². The van der Waals surface area contributed by atoms with Crippen molar-refractivity contribution in [2.24, 2.45) is 0 Å². The number of nitrogens with one attached hydrogen (secondary N) is 1. The monoisotopic (exact) mass is 228 g/mol. The second-order valence-electron chi connectivity index (χ2n) is 4.82. The Kier molecular flexibility index (Phi) is 3.71. The minimum absolute atomic E-state index is 0.385. The van der Waals surface area contributed by atoms with E-state index in [1.165, 1.54) is 23.2 Å². The van der Waals surface area contributed by atoms with Crippen molar-refractivity contribution >= 4 is 5.69 Å². The van der Waals surface area contributed by atoms with Crippen molar-refractivity contribution in [2.75, 3.05) is 18.5 Å². The maximum atomic E-state index is 5.29. The van der Waals surface area contributed by atoms with Gasteiger partial charge in [-0.15, -0.1) is 12.3 Å². The summed E-state index contributed by atoms with van der Waals surface area (Å²) in [4.78, 5) is 2.31. The van der Waals surface area contributed by atoms with Gasteiger partial charge < -0.3 is 10.2 Å². The Labute approximate surface area is 104 Å². The van der Waals surface area contributed by atoms with Crippen molar-refractivity contribution in [2.45, 2.75) is 32.4 Å². The summed E-state index contributed by atoms with van der Waals surface area (Å²) in [5.41, 5.74) is 4.20. The topological polar surface area (TPSA) is 15.3 Å². The Hall–Kier alpha value is -1.46. The highest BCUT2D eigenvalue weighted by atomic mass is 15.1. The molecule has 1 aliphatic rings. The molecule has 0 spiro atoms. The molecule has 1 heterocycles. The summed E-state index contributed by atoms with van der Waals surface area (Å²) in [6.07, 6.45) is 7.24. The zero-order valence-corrected chi connectivity index (χ0v) is 10.7. The summed E-state index contributed by atoms with van der Waals surface area (Å²) in [5.74, 6) is 2.68. The van der Waals surface area contributed by atoms with Gasteiger partial charge in [-0.3, -0.25) is 0 Å². The van der Waals surface area contributed by atoms with Crippen LogP contribution in [0.3, 0.4) is 0 Å². The molecule has 0 aliphatic carbocycles. The van der Waals surface area contributed by atoms with Crippen molar-refractivity contribution < 1.29 is 0 Å². The van der Waals surface area contributed by atoms with Gasteiger partial charge in [0.2, 0.25) is 0 Å². The lowest BCUT2D eigenvalue weighted by molar-refractivity contribution is 0.559. The minimum atomic E-state index is 0.385. The summed E-state index contributed by atoms with van der Waals surface area (Å²) in [7, 11) is 2.15. The van der Waals surface area contributed by atoms with Crippen molar-refractivity contribution in [3.63, 3.8) is 0 Å². The molecule has 2 heteroatoms. The molecule has 0 saturated carbocycles. The SMILES string of the molecule is C#CCC(C)NCc1ccc2c(c1)CCN2C. The van der Waals surface area contributed by atoms with Crippen LogP contribution in [0.25, 0.3) is 0 Å². The van der Waals surface area contributed by atoms with Gasteiger partial charge in [0.15, 0.2) is 0 Å². The number of anilines is 1. The number of hydrogen-bond acceptors (Lipinski definition) is 2. The maximum Gasteiger partial charge on any atom is 0.0397 e. The number of rotatable bonds is 4. The van der Waals surface area contributed by atoms with Crippen LogP contribution in [0.2, 0.25) is 0 Å². The fraction of sp³-hybridized carbons (Fsp3) is 0.467.